The number of amides is 2. The molecule has 0 aliphatic heterocycles. The Hall–Kier alpha value is -2.93. The number of hydrogen-bond acceptors (Lipinski definition) is 4. The summed E-state index contributed by atoms with van der Waals surface area (Å²) in [5, 5.41) is 2.69. The largest absolute Gasteiger partial charge is 0.322 e. The highest BCUT2D eigenvalue weighted by Gasteiger charge is 2.15. The zero-order valence-corrected chi connectivity index (χ0v) is 14.6. The predicted octanol–water partition coefficient (Wildman–Crippen LogP) is 2.55. The SMILES string of the molecule is CC(=O)NS(=O)(=O)c1ccc(NC(=O)/C(C)=C\c2ccccc2)cc1. The van der Waals surface area contributed by atoms with Gasteiger partial charge in [0.05, 0.1) is 4.90 Å². The van der Waals surface area contributed by atoms with Crippen LogP contribution in [0.1, 0.15) is 19.4 Å². The molecule has 0 saturated heterocycles. The fourth-order valence-electron chi connectivity index (χ4n) is 2.06. The number of rotatable bonds is 5. The van der Waals surface area contributed by atoms with Gasteiger partial charge in [0.15, 0.2) is 0 Å². The van der Waals surface area contributed by atoms with E-state index in [9.17, 15) is 18.0 Å². The molecule has 2 aromatic rings. The Morgan fingerprint density at radius 3 is 2.08 bits per heavy atom. The van der Waals surface area contributed by atoms with Crippen LogP contribution in [0.25, 0.3) is 6.08 Å². The third kappa shape index (κ3) is 5.29. The molecule has 0 fully saturated rings. The molecule has 0 bridgehead atoms. The van der Waals surface area contributed by atoms with E-state index in [1.807, 2.05) is 35.1 Å². The Kier molecular flexibility index (Phi) is 5.71. The van der Waals surface area contributed by atoms with E-state index in [0.29, 0.717) is 11.3 Å². The van der Waals surface area contributed by atoms with Crippen LogP contribution in [0.3, 0.4) is 0 Å². The molecule has 2 N–H and O–H groups in total. The molecule has 0 atom stereocenters. The molecule has 0 aromatic heterocycles. The average molecular weight is 358 g/mol. The smallest absolute Gasteiger partial charge is 0.264 e. The van der Waals surface area contributed by atoms with Crippen molar-refractivity contribution in [1.29, 1.82) is 0 Å². The summed E-state index contributed by atoms with van der Waals surface area (Å²) in [4.78, 5) is 23.0. The highest BCUT2D eigenvalue weighted by atomic mass is 32.2. The first-order valence-electron chi connectivity index (χ1n) is 7.46. The summed E-state index contributed by atoms with van der Waals surface area (Å²) in [6.07, 6.45) is 1.75. The molecule has 7 heteroatoms. The van der Waals surface area contributed by atoms with Gasteiger partial charge in [0.1, 0.15) is 0 Å². The van der Waals surface area contributed by atoms with Crippen LogP contribution in [-0.4, -0.2) is 20.2 Å². The Balaban J connectivity index is 2.09. The summed E-state index contributed by atoms with van der Waals surface area (Å²) >= 11 is 0. The number of carbonyl (C=O) groups excluding carboxylic acids is 2. The molecule has 2 aromatic carbocycles. The summed E-state index contributed by atoms with van der Waals surface area (Å²) in [6.45, 7) is 2.81. The van der Waals surface area contributed by atoms with Crippen molar-refractivity contribution in [3.8, 4) is 0 Å². The molecule has 0 aliphatic carbocycles. The molecule has 25 heavy (non-hydrogen) atoms. The lowest BCUT2D eigenvalue weighted by molar-refractivity contribution is -0.117. The van der Waals surface area contributed by atoms with E-state index in [1.165, 1.54) is 24.3 Å². The van der Waals surface area contributed by atoms with Crippen molar-refractivity contribution in [2.45, 2.75) is 18.7 Å². The number of anilines is 1. The van der Waals surface area contributed by atoms with Crippen molar-refractivity contribution >= 4 is 33.6 Å². The maximum absolute atomic E-state index is 12.2. The first-order chi connectivity index (χ1) is 11.8. The Morgan fingerprint density at radius 2 is 1.52 bits per heavy atom. The Labute approximate surface area is 146 Å². The summed E-state index contributed by atoms with van der Waals surface area (Å²) in [7, 11) is -3.89. The van der Waals surface area contributed by atoms with Crippen LogP contribution in [-0.2, 0) is 19.6 Å². The molecular formula is C18H18N2O4S. The number of sulfonamides is 1. The highest BCUT2D eigenvalue weighted by Crippen LogP contribution is 2.15. The van der Waals surface area contributed by atoms with E-state index in [1.54, 1.807) is 13.0 Å². The third-order valence-corrected chi connectivity index (χ3v) is 4.69. The molecule has 2 rings (SSSR count). The molecule has 0 spiro atoms. The van der Waals surface area contributed by atoms with Gasteiger partial charge in [-0.1, -0.05) is 30.3 Å². The topological polar surface area (TPSA) is 92.3 Å². The van der Waals surface area contributed by atoms with E-state index >= 15 is 0 Å². The lowest BCUT2D eigenvalue weighted by Crippen LogP contribution is -2.28. The minimum Gasteiger partial charge on any atom is -0.322 e. The van der Waals surface area contributed by atoms with Crippen molar-refractivity contribution in [2.75, 3.05) is 5.32 Å². The maximum Gasteiger partial charge on any atom is 0.264 e. The molecular weight excluding hydrogens is 340 g/mol. The minimum atomic E-state index is -3.89. The van der Waals surface area contributed by atoms with Crippen LogP contribution in [0.4, 0.5) is 5.69 Å². The zero-order chi connectivity index (χ0) is 18.4. The second-order valence-corrected chi connectivity index (χ2v) is 7.06. The Morgan fingerprint density at radius 1 is 0.920 bits per heavy atom. The molecule has 0 aliphatic rings. The molecule has 6 nitrogen and oxygen atoms in total. The van der Waals surface area contributed by atoms with Crippen LogP contribution in [0, 0.1) is 0 Å². The fraction of sp³-hybridized carbons (Fsp3) is 0.111. The van der Waals surface area contributed by atoms with Crippen molar-refractivity contribution in [3.63, 3.8) is 0 Å². The van der Waals surface area contributed by atoms with Gasteiger partial charge in [0.2, 0.25) is 5.91 Å². The molecule has 130 valence electrons. The number of carbonyl (C=O) groups is 2. The predicted molar refractivity (Wildman–Crippen MR) is 96.2 cm³/mol. The minimum absolute atomic E-state index is 0.0581. The van der Waals surface area contributed by atoms with Crippen LogP contribution >= 0.6 is 0 Å². The molecule has 0 heterocycles. The quantitative estimate of drug-likeness (QED) is 0.804. The van der Waals surface area contributed by atoms with E-state index < -0.39 is 15.9 Å². The van der Waals surface area contributed by atoms with Gasteiger partial charge in [-0.05, 0) is 42.8 Å². The van der Waals surface area contributed by atoms with Gasteiger partial charge in [0, 0.05) is 18.2 Å². The van der Waals surface area contributed by atoms with E-state index in [2.05, 4.69) is 5.32 Å². The number of benzene rings is 2. The maximum atomic E-state index is 12.2. The average Bonchev–Trinajstić information content (AvgIpc) is 2.55. The number of nitrogens with one attached hydrogen (secondary N) is 2. The van der Waals surface area contributed by atoms with Gasteiger partial charge in [0.25, 0.3) is 15.9 Å². The van der Waals surface area contributed by atoms with Gasteiger partial charge in [-0.2, -0.15) is 0 Å². The lowest BCUT2D eigenvalue weighted by Gasteiger charge is -2.08. The molecule has 0 saturated carbocycles. The van der Waals surface area contributed by atoms with Crippen LogP contribution in [0.15, 0.2) is 65.1 Å². The van der Waals surface area contributed by atoms with Gasteiger partial charge in [-0.15, -0.1) is 0 Å². The second-order valence-electron chi connectivity index (χ2n) is 5.38. The molecule has 0 radical (unpaired) electrons. The van der Waals surface area contributed by atoms with Crippen LogP contribution in [0.2, 0.25) is 0 Å². The van der Waals surface area contributed by atoms with Crippen molar-refractivity contribution in [2.24, 2.45) is 0 Å². The summed E-state index contributed by atoms with van der Waals surface area (Å²) < 4.78 is 25.6. The van der Waals surface area contributed by atoms with Gasteiger partial charge in [-0.3, -0.25) is 9.59 Å². The monoisotopic (exact) mass is 358 g/mol. The normalized spacial score (nSPS) is 11.7. The Bertz CT molecular complexity index is 902. The van der Waals surface area contributed by atoms with Crippen molar-refractivity contribution in [1.82, 2.24) is 4.72 Å². The molecule has 2 amide bonds. The fourth-order valence-corrected chi connectivity index (χ4v) is 3.05. The van der Waals surface area contributed by atoms with Crippen molar-refractivity contribution < 1.29 is 18.0 Å². The third-order valence-electron chi connectivity index (χ3n) is 3.24. The van der Waals surface area contributed by atoms with Gasteiger partial charge < -0.3 is 5.32 Å². The zero-order valence-electron chi connectivity index (χ0n) is 13.8. The van der Waals surface area contributed by atoms with E-state index in [4.69, 9.17) is 0 Å². The van der Waals surface area contributed by atoms with Crippen molar-refractivity contribution in [3.05, 3.63) is 65.7 Å². The van der Waals surface area contributed by atoms with Gasteiger partial charge >= 0.3 is 0 Å². The lowest BCUT2D eigenvalue weighted by atomic mass is 10.1. The van der Waals surface area contributed by atoms with Crippen LogP contribution < -0.4 is 10.0 Å². The standard InChI is InChI=1S/C18H18N2O4S/c1-13(12-15-6-4-3-5-7-15)18(22)19-16-8-10-17(11-9-16)25(23,24)20-14(2)21/h3-12H,1-2H3,(H,19,22)(H,20,21)/b13-12-. The first kappa shape index (κ1) is 18.4. The number of hydrogen-bond donors (Lipinski definition) is 2. The van der Waals surface area contributed by atoms with E-state index in [0.717, 1.165) is 12.5 Å². The van der Waals surface area contributed by atoms with E-state index in [-0.39, 0.29) is 10.8 Å². The summed E-state index contributed by atoms with van der Waals surface area (Å²) in [5.74, 6) is -0.958. The van der Waals surface area contributed by atoms with Crippen LogP contribution in [0.5, 0.6) is 0 Å². The second kappa shape index (κ2) is 7.76. The molecule has 0 unspecified atom stereocenters. The van der Waals surface area contributed by atoms with Gasteiger partial charge in [-0.25, -0.2) is 13.1 Å². The summed E-state index contributed by atoms with van der Waals surface area (Å²) in [5.41, 5.74) is 1.88. The highest BCUT2D eigenvalue weighted by molar-refractivity contribution is 7.90. The first-order valence-corrected chi connectivity index (χ1v) is 8.94. The summed E-state index contributed by atoms with van der Waals surface area (Å²) in [6, 6.07) is 15.0.